The fraction of sp³-hybridized carbons (Fsp3) is 0.0714. The third-order valence-corrected chi connectivity index (χ3v) is 3.34. The molecule has 0 aliphatic carbocycles. The summed E-state index contributed by atoms with van der Waals surface area (Å²) in [5.41, 5.74) is 1.16. The molecule has 0 bridgehead atoms. The average Bonchev–Trinajstić information content (AvgIpc) is 2.38. The Kier molecular flexibility index (Phi) is 4.45. The number of hydrogen-bond donors (Lipinski definition) is 1. The molecule has 0 spiro atoms. The van der Waals surface area contributed by atoms with Crippen molar-refractivity contribution in [1.82, 2.24) is 0 Å². The molecule has 3 nitrogen and oxygen atoms in total. The highest BCUT2D eigenvalue weighted by atomic mass is 79.9. The molecule has 0 saturated heterocycles. The number of carboxylic acid groups (broad SMARTS) is 1. The number of aromatic carboxylic acids is 1. The first-order valence-electron chi connectivity index (χ1n) is 5.46. The van der Waals surface area contributed by atoms with E-state index < -0.39 is 5.97 Å². The van der Waals surface area contributed by atoms with Crippen LogP contribution < -0.4 is 4.74 Å². The Morgan fingerprint density at radius 2 is 1.89 bits per heavy atom. The lowest BCUT2D eigenvalue weighted by molar-refractivity contribution is 0.0697. The van der Waals surface area contributed by atoms with Crippen LogP contribution in [0.2, 0.25) is 5.02 Å². The molecule has 0 saturated carbocycles. The number of carbonyl (C=O) groups is 1. The minimum atomic E-state index is -0.937. The Morgan fingerprint density at radius 1 is 1.21 bits per heavy atom. The van der Waals surface area contributed by atoms with Crippen molar-refractivity contribution in [2.24, 2.45) is 0 Å². The first-order valence-corrected chi connectivity index (χ1v) is 6.63. The number of rotatable bonds is 4. The second kappa shape index (κ2) is 6.08. The Bertz CT molecular complexity index is 596. The standard InChI is InChI=1S/C14H10BrClO3/c15-12-7-11(16)5-6-13(12)19-8-9-1-3-10(4-2-9)14(17)18/h1-7H,8H2,(H,17,18). The van der Waals surface area contributed by atoms with Gasteiger partial charge in [0.2, 0.25) is 0 Å². The van der Waals surface area contributed by atoms with Gasteiger partial charge in [0.15, 0.2) is 0 Å². The van der Waals surface area contributed by atoms with Crippen LogP contribution in [0.25, 0.3) is 0 Å². The summed E-state index contributed by atoms with van der Waals surface area (Å²) in [6, 6.07) is 11.8. The first kappa shape index (κ1) is 13.9. The van der Waals surface area contributed by atoms with Crippen LogP contribution in [0.3, 0.4) is 0 Å². The number of ether oxygens (including phenoxy) is 1. The molecule has 0 atom stereocenters. The first-order chi connectivity index (χ1) is 9.06. The summed E-state index contributed by atoms with van der Waals surface area (Å²) < 4.78 is 6.41. The van der Waals surface area contributed by atoms with Crippen LogP contribution in [0.1, 0.15) is 15.9 Å². The lowest BCUT2D eigenvalue weighted by Crippen LogP contribution is -1.99. The summed E-state index contributed by atoms with van der Waals surface area (Å²) in [5, 5.41) is 9.43. The van der Waals surface area contributed by atoms with Gasteiger partial charge in [0, 0.05) is 5.02 Å². The molecule has 19 heavy (non-hydrogen) atoms. The number of halogens is 2. The molecule has 5 heteroatoms. The summed E-state index contributed by atoms with van der Waals surface area (Å²) >= 11 is 9.20. The molecule has 0 aromatic heterocycles. The van der Waals surface area contributed by atoms with Gasteiger partial charge in [-0.3, -0.25) is 0 Å². The molecule has 0 fully saturated rings. The summed E-state index contributed by atoms with van der Waals surface area (Å²) in [4.78, 5) is 10.7. The maximum absolute atomic E-state index is 10.7. The van der Waals surface area contributed by atoms with Crippen molar-refractivity contribution in [3.05, 3.63) is 63.1 Å². The lowest BCUT2D eigenvalue weighted by Gasteiger charge is -2.08. The molecule has 2 rings (SSSR count). The van der Waals surface area contributed by atoms with E-state index in [0.29, 0.717) is 17.4 Å². The number of hydrogen-bond acceptors (Lipinski definition) is 2. The van der Waals surface area contributed by atoms with E-state index in [0.717, 1.165) is 10.0 Å². The van der Waals surface area contributed by atoms with Crippen molar-refractivity contribution in [3.8, 4) is 5.75 Å². The Morgan fingerprint density at radius 3 is 2.47 bits per heavy atom. The maximum atomic E-state index is 10.7. The monoisotopic (exact) mass is 340 g/mol. The third-order valence-electron chi connectivity index (χ3n) is 2.49. The molecular weight excluding hydrogens is 332 g/mol. The third kappa shape index (κ3) is 3.72. The molecule has 98 valence electrons. The normalized spacial score (nSPS) is 10.2. The topological polar surface area (TPSA) is 46.5 Å². The molecule has 2 aromatic carbocycles. The van der Waals surface area contributed by atoms with E-state index in [4.69, 9.17) is 21.4 Å². The molecular formula is C14H10BrClO3. The highest BCUT2D eigenvalue weighted by Gasteiger charge is 2.04. The Labute approximate surface area is 123 Å². The van der Waals surface area contributed by atoms with E-state index in [9.17, 15) is 4.79 Å². The zero-order valence-corrected chi connectivity index (χ0v) is 12.1. The van der Waals surface area contributed by atoms with Gasteiger partial charge >= 0.3 is 5.97 Å². The van der Waals surface area contributed by atoms with Gasteiger partial charge in [0.05, 0.1) is 10.0 Å². The van der Waals surface area contributed by atoms with Crippen LogP contribution in [0.5, 0.6) is 5.75 Å². The van der Waals surface area contributed by atoms with Gasteiger partial charge in [-0.2, -0.15) is 0 Å². The zero-order valence-electron chi connectivity index (χ0n) is 9.77. The molecule has 0 unspecified atom stereocenters. The van der Waals surface area contributed by atoms with Gasteiger partial charge in [-0.1, -0.05) is 23.7 Å². The molecule has 2 aromatic rings. The van der Waals surface area contributed by atoms with Gasteiger partial charge in [-0.25, -0.2) is 4.79 Å². The van der Waals surface area contributed by atoms with Gasteiger partial charge in [-0.15, -0.1) is 0 Å². The molecule has 0 amide bonds. The van der Waals surface area contributed by atoms with Crippen molar-refractivity contribution >= 4 is 33.5 Å². The van der Waals surface area contributed by atoms with Crippen molar-refractivity contribution in [3.63, 3.8) is 0 Å². The van der Waals surface area contributed by atoms with Gasteiger partial charge in [0.1, 0.15) is 12.4 Å². The van der Waals surface area contributed by atoms with E-state index in [2.05, 4.69) is 15.9 Å². The molecule has 0 radical (unpaired) electrons. The fourth-order valence-corrected chi connectivity index (χ4v) is 2.29. The largest absolute Gasteiger partial charge is 0.488 e. The highest BCUT2D eigenvalue weighted by molar-refractivity contribution is 9.10. The molecule has 0 aliphatic heterocycles. The van der Waals surface area contributed by atoms with Crippen LogP contribution in [0, 0.1) is 0 Å². The second-order valence-electron chi connectivity index (χ2n) is 3.87. The van der Waals surface area contributed by atoms with E-state index in [1.165, 1.54) is 0 Å². The van der Waals surface area contributed by atoms with E-state index in [-0.39, 0.29) is 5.56 Å². The quantitative estimate of drug-likeness (QED) is 0.897. The van der Waals surface area contributed by atoms with Crippen LogP contribution in [0.15, 0.2) is 46.9 Å². The maximum Gasteiger partial charge on any atom is 0.335 e. The zero-order chi connectivity index (χ0) is 13.8. The van der Waals surface area contributed by atoms with E-state index in [1.54, 1.807) is 42.5 Å². The number of benzene rings is 2. The summed E-state index contributed by atoms with van der Waals surface area (Å²) in [6.45, 7) is 0.361. The van der Waals surface area contributed by atoms with Crippen molar-refractivity contribution in [2.45, 2.75) is 6.61 Å². The van der Waals surface area contributed by atoms with E-state index in [1.807, 2.05) is 0 Å². The summed E-state index contributed by atoms with van der Waals surface area (Å²) in [5.74, 6) is -0.250. The van der Waals surface area contributed by atoms with Gasteiger partial charge in [-0.05, 0) is 51.8 Å². The molecule has 1 N–H and O–H groups in total. The van der Waals surface area contributed by atoms with Crippen molar-refractivity contribution in [2.75, 3.05) is 0 Å². The highest BCUT2D eigenvalue weighted by Crippen LogP contribution is 2.28. The van der Waals surface area contributed by atoms with Crippen molar-refractivity contribution < 1.29 is 14.6 Å². The minimum absolute atomic E-state index is 0.261. The minimum Gasteiger partial charge on any atom is -0.488 e. The summed E-state index contributed by atoms with van der Waals surface area (Å²) in [7, 11) is 0. The SMILES string of the molecule is O=C(O)c1ccc(COc2ccc(Cl)cc2Br)cc1. The van der Waals surface area contributed by atoms with Crippen LogP contribution in [0.4, 0.5) is 0 Å². The van der Waals surface area contributed by atoms with E-state index >= 15 is 0 Å². The predicted molar refractivity (Wildman–Crippen MR) is 76.9 cm³/mol. The molecule has 0 aliphatic rings. The fourth-order valence-electron chi connectivity index (χ4n) is 1.50. The van der Waals surface area contributed by atoms with Crippen LogP contribution in [-0.4, -0.2) is 11.1 Å². The Hall–Kier alpha value is -1.52. The lowest BCUT2D eigenvalue weighted by atomic mass is 10.1. The predicted octanol–water partition coefficient (Wildman–Crippen LogP) is 4.38. The van der Waals surface area contributed by atoms with Crippen LogP contribution >= 0.6 is 27.5 Å². The smallest absolute Gasteiger partial charge is 0.335 e. The number of carboxylic acids is 1. The average molecular weight is 342 g/mol. The summed E-state index contributed by atoms with van der Waals surface area (Å²) in [6.07, 6.45) is 0. The Balaban J connectivity index is 2.04. The van der Waals surface area contributed by atoms with Crippen LogP contribution in [-0.2, 0) is 6.61 Å². The van der Waals surface area contributed by atoms with Gasteiger partial charge in [0.25, 0.3) is 0 Å². The van der Waals surface area contributed by atoms with Crippen molar-refractivity contribution in [1.29, 1.82) is 0 Å². The second-order valence-corrected chi connectivity index (χ2v) is 5.16. The molecule has 0 heterocycles. The van der Waals surface area contributed by atoms with Gasteiger partial charge < -0.3 is 9.84 Å².